The average Bonchev–Trinajstić information content (AvgIpc) is 2.42. The van der Waals surface area contributed by atoms with Gasteiger partial charge in [0.25, 0.3) is 0 Å². The Morgan fingerprint density at radius 2 is 2.06 bits per heavy atom. The zero-order valence-corrected chi connectivity index (χ0v) is 11.5. The molecule has 2 rings (SSSR count). The van der Waals surface area contributed by atoms with Crippen molar-refractivity contribution in [3.05, 3.63) is 0 Å². The zero-order chi connectivity index (χ0) is 10.9. The van der Waals surface area contributed by atoms with Gasteiger partial charge in [-0.1, -0.05) is 0 Å². The number of nitrogens with one attached hydrogen (secondary N) is 2. The Hall–Kier alpha value is 0.170. The molecule has 0 aromatic heterocycles. The van der Waals surface area contributed by atoms with Gasteiger partial charge in [0.05, 0.1) is 6.61 Å². The van der Waals surface area contributed by atoms with E-state index < -0.39 is 0 Å². The molecule has 0 spiro atoms. The molecule has 0 amide bonds. The molecule has 2 N–H and O–H groups in total. The Bertz CT molecular complexity index is 229. The molecule has 0 bridgehead atoms. The summed E-state index contributed by atoms with van der Waals surface area (Å²) in [6.07, 6.45) is 3.78. The zero-order valence-electron chi connectivity index (χ0n) is 10.6. The molecule has 2 fully saturated rings. The molecule has 2 heterocycles. The SMILES string of the molecule is CC1(C)COC(C)(CC2CCCNC2)N1.Cl. The van der Waals surface area contributed by atoms with Crippen molar-refractivity contribution in [1.82, 2.24) is 10.6 Å². The summed E-state index contributed by atoms with van der Waals surface area (Å²) in [5.74, 6) is 0.769. The Morgan fingerprint density at radius 1 is 1.31 bits per heavy atom. The molecule has 2 aliphatic heterocycles. The summed E-state index contributed by atoms with van der Waals surface area (Å²) in [5.41, 5.74) is 0.0318. The Kier molecular flexibility index (Phi) is 4.64. The fourth-order valence-corrected chi connectivity index (χ4v) is 2.89. The molecular weight excluding hydrogens is 224 g/mol. The quantitative estimate of drug-likeness (QED) is 0.783. The van der Waals surface area contributed by atoms with Crippen LogP contribution in [0.4, 0.5) is 0 Å². The second kappa shape index (κ2) is 5.21. The number of ether oxygens (including phenoxy) is 1. The van der Waals surface area contributed by atoms with Crippen LogP contribution in [0.25, 0.3) is 0 Å². The van der Waals surface area contributed by atoms with E-state index >= 15 is 0 Å². The van der Waals surface area contributed by atoms with Crippen LogP contribution in [0.5, 0.6) is 0 Å². The molecule has 0 aromatic carbocycles. The van der Waals surface area contributed by atoms with Crippen molar-refractivity contribution in [3.63, 3.8) is 0 Å². The molecular formula is C12H25ClN2O. The molecule has 16 heavy (non-hydrogen) atoms. The molecule has 0 saturated carbocycles. The molecule has 3 nitrogen and oxygen atoms in total. The summed E-state index contributed by atoms with van der Waals surface area (Å²) in [6, 6.07) is 0. The molecule has 0 aliphatic carbocycles. The molecule has 0 aromatic rings. The van der Waals surface area contributed by atoms with Crippen molar-refractivity contribution in [2.24, 2.45) is 5.92 Å². The summed E-state index contributed by atoms with van der Waals surface area (Å²) in [6.45, 7) is 9.77. The first-order chi connectivity index (χ1) is 6.99. The molecule has 96 valence electrons. The first-order valence-corrected chi connectivity index (χ1v) is 6.13. The third kappa shape index (κ3) is 3.59. The molecule has 0 radical (unpaired) electrons. The van der Waals surface area contributed by atoms with Gasteiger partial charge in [-0.3, -0.25) is 5.32 Å². The minimum Gasteiger partial charge on any atom is -0.359 e. The van der Waals surface area contributed by atoms with E-state index in [0.717, 1.165) is 25.5 Å². The summed E-state index contributed by atoms with van der Waals surface area (Å²) in [5, 5.41) is 7.07. The standard InChI is InChI=1S/C12H24N2O.ClH/c1-11(2)9-15-12(3,14-11)7-10-5-4-6-13-8-10;/h10,13-14H,4-9H2,1-3H3;1H. The van der Waals surface area contributed by atoms with Crippen molar-refractivity contribution in [3.8, 4) is 0 Å². The summed E-state index contributed by atoms with van der Waals surface area (Å²) in [7, 11) is 0. The van der Waals surface area contributed by atoms with E-state index in [1.165, 1.54) is 19.4 Å². The minimum atomic E-state index is -0.104. The van der Waals surface area contributed by atoms with Crippen molar-refractivity contribution in [1.29, 1.82) is 0 Å². The molecule has 2 saturated heterocycles. The van der Waals surface area contributed by atoms with Gasteiger partial charge in [0.1, 0.15) is 5.72 Å². The molecule has 4 heteroatoms. The number of rotatable bonds is 2. The van der Waals surface area contributed by atoms with Crippen molar-refractivity contribution in [2.45, 2.75) is 51.3 Å². The van der Waals surface area contributed by atoms with Gasteiger partial charge in [0, 0.05) is 5.54 Å². The van der Waals surface area contributed by atoms with Crippen LogP contribution in [0.15, 0.2) is 0 Å². The van der Waals surface area contributed by atoms with E-state index in [-0.39, 0.29) is 23.7 Å². The normalized spacial score (nSPS) is 38.1. The van der Waals surface area contributed by atoms with Gasteiger partial charge >= 0.3 is 0 Å². The van der Waals surface area contributed by atoms with Crippen LogP contribution < -0.4 is 10.6 Å². The third-order valence-corrected chi connectivity index (χ3v) is 3.43. The molecule has 2 atom stereocenters. The first kappa shape index (κ1) is 14.2. The predicted octanol–water partition coefficient (Wildman–Crippen LogP) is 1.91. The lowest BCUT2D eigenvalue weighted by Gasteiger charge is -2.32. The summed E-state index contributed by atoms with van der Waals surface area (Å²) in [4.78, 5) is 0. The van der Waals surface area contributed by atoms with Gasteiger partial charge in [-0.15, -0.1) is 12.4 Å². The van der Waals surface area contributed by atoms with E-state index in [2.05, 4.69) is 31.4 Å². The van der Waals surface area contributed by atoms with Gasteiger partial charge in [0.15, 0.2) is 0 Å². The van der Waals surface area contributed by atoms with Crippen LogP contribution in [0.2, 0.25) is 0 Å². The number of piperidine rings is 1. The topological polar surface area (TPSA) is 33.3 Å². The molecule has 2 aliphatic rings. The highest BCUT2D eigenvalue weighted by atomic mass is 35.5. The van der Waals surface area contributed by atoms with Crippen LogP contribution >= 0.6 is 12.4 Å². The maximum atomic E-state index is 5.92. The van der Waals surface area contributed by atoms with Crippen molar-refractivity contribution >= 4 is 12.4 Å². The fourth-order valence-electron chi connectivity index (χ4n) is 2.89. The van der Waals surface area contributed by atoms with Crippen molar-refractivity contribution in [2.75, 3.05) is 19.7 Å². The number of halogens is 1. The lowest BCUT2D eigenvalue weighted by molar-refractivity contribution is -0.0159. The summed E-state index contributed by atoms with van der Waals surface area (Å²) >= 11 is 0. The van der Waals surface area contributed by atoms with E-state index in [9.17, 15) is 0 Å². The van der Waals surface area contributed by atoms with Crippen LogP contribution in [-0.2, 0) is 4.74 Å². The van der Waals surface area contributed by atoms with Crippen molar-refractivity contribution < 1.29 is 4.74 Å². The van der Waals surface area contributed by atoms with E-state index in [1.54, 1.807) is 0 Å². The smallest absolute Gasteiger partial charge is 0.117 e. The van der Waals surface area contributed by atoms with Crippen LogP contribution in [0.3, 0.4) is 0 Å². The van der Waals surface area contributed by atoms with Crippen LogP contribution in [0.1, 0.15) is 40.0 Å². The van der Waals surface area contributed by atoms with Gasteiger partial charge in [-0.2, -0.15) is 0 Å². The van der Waals surface area contributed by atoms with Gasteiger partial charge < -0.3 is 10.1 Å². The molecule has 2 unspecified atom stereocenters. The monoisotopic (exact) mass is 248 g/mol. The van der Waals surface area contributed by atoms with Crippen LogP contribution in [-0.4, -0.2) is 31.0 Å². The maximum absolute atomic E-state index is 5.92. The van der Waals surface area contributed by atoms with Crippen LogP contribution in [0, 0.1) is 5.92 Å². The third-order valence-electron chi connectivity index (χ3n) is 3.43. The van der Waals surface area contributed by atoms with Gasteiger partial charge in [-0.05, 0) is 59.0 Å². The highest BCUT2D eigenvalue weighted by Crippen LogP contribution is 2.30. The number of hydrogen-bond acceptors (Lipinski definition) is 3. The summed E-state index contributed by atoms with van der Waals surface area (Å²) < 4.78 is 5.92. The average molecular weight is 249 g/mol. The van der Waals surface area contributed by atoms with E-state index in [4.69, 9.17) is 4.74 Å². The highest BCUT2D eigenvalue weighted by molar-refractivity contribution is 5.85. The van der Waals surface area contributed by atoms with E-state index in [0.29, 0.717) is 0 Å². The lowest BCUT2D eigenvalue weighted by atomic mass is 9.91. The first-order valence-electron chi connectivity index (χ1n) is 6.13. The van der Waals surface area contributed by atoms with Gasteiger partial charge in [0.2, 0.25) is 0 Å². The highest BCUT2D eigenvalue weighted by Gasteiger charge is 2.41. The lowest BCUT2D eigenvalue weighted by Crippen LogP contribution is -2.48. The second-order valence-corrected chi connectivity index (χ2v) is 5.94. The second-order valence-electron chi connectivity index (χ2n) is 5.94. The van der Waals surface area contributed by atoms with Gasteiger partial charge in [-0.25, -0.2) is 0 Å². The Morgan fingerprint density at radius 3 is 2.56 bits per heavy atom. The number of hydrogen-bond donors (Lipinski definition) is 2. The largest absolute Gasteiger partial charge is 0.359 e. The Labute approximate surface area is 105 Å². The maximum Gasteiger partial charge on any atom is 0.117 e. The van der Waals surface area contributed by atoms with E-state index in [1.807, 2.05) is 0 Å². The predicted molar refractivity (Wildman–Crippen MR) is 69.0 cm³/mol. The fraction of sp³-hybridized carbons (Fsp3) is 1.00. The Balaban J connectivity index is 0.00000128. The minimum absolute atomic E-state index is 0.